The zero-order chi connectivity index (χ0) is 57.2. The Labute approximate surface area is 493 Å². The third-order valence-corrected chi connectivity index (χ3v) is 20.6. The van der Waals surface area contributed by atoms with Crippen molar-refractivity contribution in [1.29, 1.82) is 0 Å². The Morgan fingerprint density at radius 2 is 0.602 bits per heavy atom. The van der Waals surface area contributed by atoms with E-state index in [1.807, 2.05) is 0 Å². The maximum atomic E-state index is 2.58. The molecule has 0 radical (unpaired) electrons. The monoisotopic (exact) mass is 1140 g/mol. The number of fused-ring (bicyclic) bond motifs is 13. The van der Waals surface area contributed by atoms with Crippen LogP contribution in [0.4, 0.5) is 0 Å². The molecule has 0 spiro atoms. The first-order valence-corrected chi connectivity index (χ1v) is 31.5. The van der Waals surface area contributed by atoms with E-state index in [2.05, 4.69) is 298 Å². The third kappa shape index (κ3) is 7.95. The van der Waals surface area contributed by atoms with Crippen molar-refractivity contribution < 1.29 is 0 Å². The van der Waals surface area contributed by atoms with Gasteiger partial charge in [-0.25, -0.2) is 0 Å². The Morgan fingerprint density at radius 1 is 0.265 bits per heavy atom. The maximum absolute atomic E-state index is 2.58. The van der Waals surface area contributed by atoms with Crippen molar-refractivity contribution in [3.8, 4) is 33.6 Å². The molecule has 0 aliphatic heterocycles. The molecule has 0 aliphatic carbocycles. The molecule has 0 bridgehead atoms. The van der Waals surface area contributed by atoms with E-state index in [4.69, 9.17) is 0 Å². The van der Waals surface area contributed by atoms with Gasteiger partial charge in [0.15, 0.2) is 0 Å². The average Bonchev–Trinajstić information content (AvgIpc) is 1.92. The second-order valence-electron chi connectivity index (χ2n) is 27.7. The van der Waals surface area contributed by atoms with Gasteiger partial charge in [0.25, 0.3) is 0 Å². The molecule has 12 aromatic carbocycles. The van der Waals surface area contributed by atoms with Crippen molar-refractivity contribution >= 4 is 120 Å². The van der Waals surface area contributed by atoms with Gasteiger partial charge in [0, 0.05) is 0 Å². The SMILES string of the molecule is CC(C)(C)c1ccc2c(c1)c1cc(C(C)(C)C)ccc1n2-c1c2ccccc2c(-c2ccc3c(c2)[se]c2cccc(-c4c5ccccc5c(-n5c6ccc(C(C)(C)C)cc6c6cc(C(C)(C)C)ccc65)c5ccccc45)c23)c2ccccc12. The van der Waals surface area contributed by atoms with E-state index in [-0.39, 0.29) is 36.2 Å². The van der Waals surface area contributed by atoms with Crippen LogP contribution < -0.4 is 0 Å². The zero-order valence-electron chi connectivity index (χ0n) is 49.9. The van der Waals surface area contributed by atoms with Gasteiger partial charge in [-0.2, -0.15) is 0 Å². The molecule has 0 amide bonds. The van der Waals surface area contributed by atoms with Crippen molar-refractivity contribution in [1.82, 2.24) is 9.13 Å². The molecule has 0 N–H and O–H groups in total. The Balaban J connectivity index is 0.946. The number of aromatic nitrogens is 2. The van der Waals surface area contributed by atoms with Gasteiger partial charge in [0.1, 0.15) is 0 Å². The van der Waals surface area contributed by atoms with Gasteiger partial charge in [-0.15, -0.1) is 0 Å². The first-order chi connectivity index (χ1) is 39.7. The average molecular weight is 1140 g/mol. The molecule has 0 fully saturated rings. The van der Waals surface area contributed by atoms with Gasteiger partial charge < -0.3 is 0 Å². The number of rotatable bonds is 4. The van der Waals surface area contributed by atoms with E-state index in [1.54, 1.807) is 0 Å². The number of hydrogen-bond donors (Lipinski definition) is 0. The summed E-state index contributed by atoms with van der Waals surface area (Å²) in [6.45, 7) is 27.9. The Kier molecular flexibility index (Phi) is 11.3. The first-order valence-electron chi connectivity index (χ1n) is 29.7. The van der Waals surface area contributed by atoms with E-state index in [0.717, 1.165) is 0 Å². The molecule has 2 nitrogen and oxygen atoms in total. The van der Waals surface area contributed by atoms with Crippen LogP contribution in [-0.2, 0) is 21.7 Å². The van der Waals surface area contributed by atoms with Crippen molar-refractivity contribution in [2.24, 2.45) is 0 Å². The molecule has 3 aromatic heterocycles. The first kappa shape index (κ1) is 51.7. The van der Waals surface area contributed by atoms with E-state index in [1.165, 1.54) is 162 Å². The van der Waals surface area contributed by atoms with Gasteiger partial charge in [-0.05, 0) is 21.7 Å². The van der Waals surface area contributed by atoms with Crippen LogP contribution in [0.2, 0.25) is 0 Å². The zero-order valence-corrected chi connectivity index (χ0v) is 51.6. The molecule has 83 heavy (non-hydrogen) atoms. The van der Waals surface area contributed by atoms with Crippen molar-refractivity contribution in [3.05, 3.63) is 229 Å². The molecule has 0 aliphatic rings. The van der Waals surface area contributed by atoms with Crippen molar-refractivity contribution in [2.45, 2.75) is 105 Å². The van der Waals surface area contributed by atoms with Gasteiger partial charge in [-0.3, -0.25) is 0 Å². The number of nitrogens with zero attached hydrogens (tertiary/aromatic N) is 2. The normalized spacial score (nSPS) is 13.1. The van der Waals surface area contributed by atoms with Crippen LogP contribution in [0.25, 0.3) is 140 Å². The molecule has 0 saturated heterocycles. The third-order valence-electron chi connectivity index (χ3n) is 18.3. The second kappa shape index (κ2) is 18.1. The number of hydrogen-bond acceptors (Lipinski definition) is 0. The summed E-state index contributed by atoms with van der Waals surface area (Å²) < 4.78 is 8.03. The topological polar surface area (TPSA) is 9.86 Å². The van der Waals surface area contributed by atoms with Gasteiger partial charge in [-0.1, -0.05) is 83.1 Å². The van der Waals surface area contributed by atoms with Crippen molar-refractivity contribution in [2.75, 3.05) is 0 Å². The minimum absolute atomic E-state index is 0.0150. The molecular formula is C80H70N2Se. The van der Waals surface area contributed by atoms with Crippen LogP contribution in [-0.4, -0.2) is 23.6 Å². The molecule has 3 heterocycles. The van der Waals surface area contributed by atoms with E-state index in [0.29, 0.717) is 0 Å². The predicted molar refractivity (Wildman–Crippen MR) is 363 cm³/mol. The fourth-order valence-electron chi connectivity index (χ4n) is 13.9. The summed E-state index contributed by atoms with van der Waals surface area (Å²) in [5.41, 5.74) is 18.1. The van der Waals surface area contributed by atoms with Crippen molar-refractivity contribution in [3.63, 3.8) is 0 Å². The summed E-state index contributed by atoms with van der Waals surface area (Å²) in [6, 6.07) is 80.1. The summed E-state index contributed by atoms with van der Waals surface area (Å²) in [5, 5.41) is 18.0. The van der Waals surface area contributed by atoms with Crippen LogP contribution in [0.15, 0.2) is 206 Å². The summed E-state index contributed by atoms with van der Waals surface area (Å²) in [5.74, 6) is 0. The van der Waals surface area contributed by atoms with Gasteiger partial charge in [0.2, 0.25) is 0 Å². The summed E-state index contributed by atoms with van der Waals surface area (Å²) in [4.78, 5) is 0. The van der Waals surface area contributed by atoms with Crippen LogP contribution in [0.1, 0.15) is 105 Å². The van der Waals surface area contributed by atoms with E-state index in [9.17, 15) is 0 Å². The quantitative estimate of drug-likeness (QED) is 0.123. The molecule has 0 atom stereocenters. The Bertz CT molecular complexity index is 4980. The molecule has 3 heteroatoms. The predicted octanol–water partition coefficient (Wildman–Crippen LogP) is 22.4. The number of benzene rings is 12. The van der Waals surface area contributed by atoms with Crippen LogP contribution in [0.5, 0.6) is 0 Å². The van der Waals surface area contributed by atoms with Gasteiger partial charge >= 0.3 is 392 Å². The minimum atomic E-state index is 0.0150. The van der Waals surface area contributed by atoms with E-state index >= 15 is 0 Å². The molecule has 0 saturated carbocycles. The standard InChI is InChI=1S/C80H70N2Se/c1-77(2,3)48-33-38-66-62(43-48)63-44-49(78(4,5)6)34-39-67(63)81(66)75-56-26-17-13-22-52(56)72(53-23-14-18-27-57(53)75)47-32-37-60-71(42-47)83-70-31-21-30-61(74(60)70)73-54-24-15-19-28-58(54)76(59-29-20-16-25-55(59)73)82-68-40-35-50(79(7,8)9)45-64(68)65-46-51(80(10,11)12)36-41-69(65)82/h13-46H,1-12H3. The fourth-order valence-corrected chi connectivity index (χ4v) is 16.3. The van der Waals surface area contributed by atoms with Gasteiger partial charge in [0.05, 0.1) is 0 Å². The molecule has 15 aromatic rings. The summed E-state index contributed by atoms with van der Waals surface area (Å²) >= 11 is 0.0926. The molecule has 15 rings (SSSR count). The van der Waals surface area contributed by atoms with Crippen LogP contribution in [0.3, 0.4) is 0 Å². The molecule has 0 unspecified atom stereocenters. The fraction of sp³-hybridized carbons (Fsp3) is 0.200. The Hall–Kier alpha value is -8.20. The Morgan fingerprint density at radius 3 is 0.952 bits per heavy atom. The van der Waals surface area contributed by atoms with E-state index < -0.39 is 0 Å². The summed E-state index contributed by atoms with van der Waals surface area (Å²) in [6.07, 6.45) is 0. The van der Waals surface area contributed by atoms with Crippen LogP contribution >= 0.6 is 0 Å². The van der Waals surface area contributed by atoms with Crippen LogP contribution in [0, 0.1) is 0 Å². The molecular weight excluding hydrogens is 1070 g/mol. The second-order valence-corrected chi connectivity index (χ2v) is 30.0. The molecule has 406 valence electrons. The summed E-state index contributed by atoms with van der Waals surface area (Å²) in [7, 11) is 0.